The number of hydrogen-bond donors (Lipinski definition) is 2. The van der Waals surface area contributed by atoms with Crippen LogP contribution in [0.5, 0.6) is 0 Å². The molecule has 12 heteroatoms. The highest BCUT2D eigenvalue weighted by molar-refractivity contribution is 7.90. The van der Waals surface area contributed by atoms with Crippen LogP contribution in [-0.2, 0) is 14.8 Å². The summed E-state index contributed by atoms with van der Waals surface area (Å²) in [5.41, 5.74) is -0.284. The van der Waals surface area contributed by atoms with Gasteiger partial charge in [-0.05, 0) is 31.2 Å². The molecular weight excluding hydrogens is 408 g/mol. The van der Waals surface area contributed by atoms with Crippen molar-refractivity contribution in [3.63, 3.8) is 0 Å². The van der Waals surface area contributed by atoms with Crippen LogP contribution in [0.1, 0.15) is 24.2 Å². The van der Waals surface area contributed by atoms with Crippen LogP contribution in [-0.4, -0.2) is 36.2 Å². The van der Waals surface area contributed by atoms with E-state index in [1.807, 2.05) is 0 Å². The Hall–Kier alpha value is -3.59. The van der Waals surface area contributed by atoms with Gasteiger partial charge in [-0.25, -0.2) is 26.3 Å². The molecule has 1 aliphatic rings. The highest BCUT2D eigenvalue weighted by Gasteiger charge is 2.38. The van der Waals surface area contributed by atoms with Crippen LogP contribution in [0.2, 0.25) is 0 Å². The van der Waals surface area contributed by atoms with Gasteiger partial charge in [-0.3, -0.25) is 9.78 Å². The predicted molar refractivity (Wildman–Crippen MR) is 94.8 cm³/mol. The molecule has 150 valence electrons. The number of urea groups is 1. The van der Waals surface area contributed by atoms with E-state index in [0.717, 1.165) is 30.5 Å². The number of hydrogen-bond acceptors (Lipinski definition) is 6. The summed E-state index contributed by atoms with van der Waals surface area (Å²) in [6.07, 6.45) is 1.12. The molecule has 2 heterocycles. The average molecular weight is 421 g/mol. The Labute approximate surface area is 164 Å². The van der Waals surface area contributed by atoms with E-state index >= 15 is 0 Å². The fourth-order valence-electron chi connectivity index (χ4n) is 2.69. The van der Waals surface area contributed by atoms with Crippen molar-refractivity contribution in [3.05, 3.63) is 53.4 Å². The molecule has 0 radical (unpaired) electrons. The molecule has 0 unspecified atom stereocenters. The predicted octanol–water partition coefficient (Wildman–Crippen LogP) is 1.65. The summed E-state index contributed by atoms with van der Waals surface area (Å²) in [6, 6.07) is 3.41. The third kappa shape index (κ3) is 3.85. The third-order valence-corrected chi connectivity index (χ3v) is 5.82. The highest BCUT2D eigenvalue weighted by atomic mass is 32.2. The summed E-state index contributed by atoms with van der Waals surface area (Å²) in [5, 5.41) is 13.3. The molecule has 1 aliphatic heterocycles. The van der Waals surface area contributed by atoms with Crippen molar-refractivity contribution in [2.75, 3.05) is 11.9 Å². The molecule has 0 aliphatic carbocycles. The Morgan fingerprint density at radius 2 is 2.10 bits per heavy atom. The monoisotopic (exact) mass is 421 g/mol. The van der Waals surface area contributed by atoms with Crippen LogP contribution < -0.4 is 10.6 Å². The van der Waals surface area contributed by atoms with Crippen LogP contribution in [0.15, 0.2) is 35.4 Å². The van der Waals surface area contributed by atoms with Gasteiger partial charge < -0.3 is 10.6 Å². The molecule has 2 N–H and O–H groups in total. The van der Waals surface area contributed by atoms with Gasteiger partial charge in [0, 0.05) is 6.20 Å². The van der Waals surface area contributed by atoms with E-state index in [0.29, 0.717) is 0 Å². The molecule has 1 aromatic carbocycles. The van der Waals surface area contributed by atoms with Crippen LogP contribution in [0.3, 0.4) is 0 Å². The van der Waals surface area contributed by atoms with Gasteiger partial charge in [0.2, 0.25) is 5.91 Å². The molecule has 1 aromatic heterocycles. The van der Waals surface area contributed by atoms with Gasteiger partial charge in [0.05, 0.1) is 23.0 Å². The lowest BCUT2D eigenvalue weighted by molar-refractivity contribution is -0.121. The molecule has 0 saturated heterocycles. The van der Waals surface area contributed by atoms with Gasteiger partial charge in [-0.1, -0.05) is 0 Å². The fraction of sp³-hybridized carbons (Fsp3) is 0.176. The van der Waals surface area contributed by atoms with Gasteiger partial charge >= 0.3 is 6.03 Å². The van der Waals surface area contributed by atoms with Crippen molar-refractivity contribution in [3.8, 4) is 6.07 Å². The zero-order chi connectivity index (χ0) is 21.3. The summed E-state index contributed by atoms with van der Waals surface area (Å²) in [4.78, 5) is 27.7. The zero-order valence-electron chi connectivity index (χ0n) is 14.8. The first-order valence-corrected chi connectivity index (χ1v) is 9.55. The second-order valence-corrected chi connectivity index (χ2v) is 7.91. The van der Waals surface area contributed by atoms with Crippen molar-refractivity contribution < 1.29 is 26.8 Å². The minimum atomic E-state index is -4.47. The Morgan fingerprint density at radius 3 is 2.76 bits per heavy atom. The quantitative estimate of drug-likeness (QED) is 0.771. The molecule has 0 spiro atoms. The topological polar surface area (TPSA) is 132 Å². The first-order chi connectivity index (χ1) is 13.6. The lowest BCUT2D eigenvalue weighted by Gasteiger charge is -2.28. The van der Waals surface area contributed by atoms with Gasteiger partial charge in [0.15, 0.2) is 0 Å². The van der Waals surface area contributed by atoms with Gasteiger partial charge in [0.1, 0.15) is 29.1 Å². The summed E-state index contributed by atoms with van der Waals surface area (Å²) in [7, 11) is -4.47. The van der Waals surface area contributed by atoms with Crippen molar-refractivity contribution >= 4 is 27.6 Å². The molecule has 0 saturated carbocycles. The lowest BCUT2D eigenvalue weighted by Crippen LogP contribution is -2.49. The van der Waals surface area contributed by atoms with Crippen molar-refractivity contribution in [2.24, 2.45) is 0 Å². The maximum atomic E-state index is 14.0. The van der Waals surface area contributed by atoms with E-state index in [9.17, 15) is 26.8 Å². The van der Waals surface area contributed by atoms with Crippen LogP contribution in [0.25, 0.3) is 0 Å². The molecule has 3 amide bonds. The number of nitrogens with one attached hydrogen (secondary N) is 2. The molecule has 29 heavy (non-hydrogen) atoms. The molecule has 3 rings (SSSR count). The first-order valence-electron chi connectivity index (χ1n) is 8.11. The van der Waals surface area contributed by atoms with Crippen molar-refractivity contribution in [1.29, 1.82) is 5.26 Å². The minimum absolute atomic E-state index is 0.00763. The SMILES string of the molecule is C[C@@H](NC(=O)CN1C(=O)Nc2ccc(F)cc2S1(=O)=O)c1ncc(C#N)cc1F. The number of amides is 3. The summed E-state index contributed by atoms with van der Waals surface area (Å²) < 4.78 is 52.9. The van der Waals surface area contributed by atoms with E-state index in [1.165, 1.54) is 6.92 Å². The fourth-order valence-corrected chi connectivity index (χ4v) is 4.14. The van der Waals surface area contributed by atoms with Gasteiger partial charge in [-0.2, -0.15) is 5.26 Å². The lowest BCUT2D eigenvalue weighted by atomic mass is 10.1. The second-order valence-electron chi connectivity index (χ2n) is 6.07. The Kier molecular flexibility index (Phi) is 5.17. The van der Waals surface area contributed by atoms with E-state index < -0.39 is 51.1 Å². The van der Waals surface area contributed by atoms with E-state index in [1.54, 1.807) is 6.07 Å². The Bertz CT molecular complexity index is 1160. The number of nitrogens with zero attached hydrogens (tertiary/aromatic N) is 3. The normalized spacial score (nSPS) is 15.7. The van der Waals surface area contributed by atoms with E-state index in [2.05, 4.69) is 15.6 Å². The first kappa shape index (κ1) is 20.2. The van der Waals surface area contributed by atoms with Crippen molar-refractivity contribution in [1.82, 2.24) is 14.6 Å². The maximum Gasteiger partial charge on any atom is 0.336 e. The van der Waals surface area contributed by atoms with Crippen molar-refractivity contribution in [2.45, 2.75) is 17.9 Å². The average Bonchev–Trinajstić information content (AvgIpc) is 2.65. The largest absolute Gasteiger partial charge is 0.346 e. The number of aromatic nitrogens is 1. The molecule has 0 fully saturated rings. The number of carbonyl (C=O) groups is 2. The number of rotatable bonds is 4. The zero-order valence-corrected chi connectivity index (χ0v) is 15.6. The third-order valence-electron chi connectivity index (χ3n) is 4.05. The van der Waals surface area contributed by atoms with Crippen LogP contribution in [0.4, 0.5) is 19.3 Å². The maximum absolute atomic E-state index is 14.0. The second kappa shape index (κ2) is 7.44. The number of pyridine rings is 1. The standard InChI is InChI=1S/C17H13F2N5O4S/c1-9(16-12(19)4-10(6-20)7-21-16)22-15(25)8-24-17(26)23-13-3-2-11(18)5-14(13)29(24,27)28/h2-5,7,9H,8H2,1H3,(H,22,25)(H,23,26)/t9-/m1/s1. The summed E-state index contributed by atoms with van der Waals surface area (Å²) in [5.74, 6) is -2.57. The number of nitriles is 1. The number of carbonyl (C=O) groups excluding carboxylic acids is 2. The molecular formula is C17H13F2N5O4S. The molecule has 9 nitrogen and oxygen atoms in total. The Balaban J connectivity index is 1.78. The number of halogens is 2. The van der Waals surface area contributed by atoms with Gasteiger partial charge in [0.25, 0.3) is 10.0 Å². The Morgan fingerprint density at radius 1 is 1.38 bits per heavy atom. The number of benzene rings is 1. The number of anilines is 1. The summed E-state index contributed by atoms with van der Waals surface area (Å²) in [6.45, 7) is 0.483. The highest BCUT2D eigenvalue weighted by Crippen LogP contribution is 2.30. The smallest absolute Gasteiger partial charge is 0.336 e. The number of sulfonamides is 1. The summed E-state index contributed by atoms with van der Waals surface area (Å²) >= 11 is 0. The van der Waals surface area contributed by atoms with Crippen LogP contribution in [0, 0.1) is 23.0 Å². The van der Waals surface area contributed by atoms with E-state index in [-0.39, 0.29) is 21.2 Å². The van der Waals surface area contributed by atoms with E-state index in [4.69, 9.17) is 5.26 Å². The molecule has 2 aromatic rings. The molecule has 1 atom stereocenters. The van der Waals surface area contributed by atoms with Gasteiger partial charge in [-0.15, -0.1) is 0 Å². The number of fused-ring (bicyclic) bond motifs is 1. The van der Waals surface area contributed by atoms with Crippen LogP contribution >= 0.6 is 0 Å². The molecule has 0 bridgehead atoms. The minimum Gasteiger partial charge on any atom is -0.346 e.